The van der Waals surface area contributed by atoms with Gasteiger partial charge in [0.1, 0.15) is 0 Å². The first kappa shape index (κ1) is 18.1. The van der Waals surface area contributed by atoms with Crippen LogP contribution in [-0.4, -0.2) is 28.8 Å². The summed E-state index contributed by atoms with van der Waals surface area (Å²) in [5.74, 6) is -0.779. The molecule has 0 unspecified atom stereocenters. The summed E-state index contributed by atoms with van der Waals surface area (Å²) in [6.45, 7) is 0.188. The van der Waals surface area contributed by atoms with Crippen molar-refractivity contribution >= 4 is 21.8 Å². The molecule has 134 valence electrons. The third kappa shape index (κ3) is 4.92. The van der Waals surface area contributed by atoms with Crippen LogP contribution in [0.5, 0.6) is 5.75 Å². The third-order valence-corrected chi connectivity index (χ3v) is 4.11. The zero-order chi connectivity index (χ0) is 18.4. The Kier molecular flexibility index (Phi) is 6.01. The summed E-state index contributed by atoms with van der Waals surface area (Å²) in [7, 11) is 0. The van der Waals surface area contributed by atoms with Gasteiger partial charge in [0.15, 0.2) is 18.2 Å². The van der Waals surface area contributed by atoms with Gasteiger partial charge in [-0.1, -0.05) is 34.1 Å². The molecule has 0 saturated heterocycles. The number of nitrogens with one attached hydrogen (secondary N) is 1. The van der Waals surface area contributed by atoms with Gasteiger partial charge in [-0.05, 0) is 36.4 Å². The Balaban J connectivity index is 1.43. The van der Waals surface area contributed by atoms with Gasteiger partial charge in [-0.2, -0.15) is 5.10 Å². The van der Waals surface area contributed by atoms with Crippen LogP contribution in [0.2, 0.25) is 0 Å². The Morgan fingerprint density at radius 1 is 1.19 bits per heavy atom. The van der Waals surface area contributed by atoms with Crippen LogP contribution in [0.25, 0.3) is 5.69 Å². The van der Waals surface area contributed by atoms with Crippen molar-refractivity contribution in [2.45, 2.75) is 6.42 Å². The minimum atomic E-state index is -0.515. The largest absolute Gasteiger partial charge is 0.481 e. The summed E-state index contributed by atoms with van der Waals surface area (Å²) in [6.07, 6.45) is 2.48. The summed E-state index contributed by atoms with van der Waals surface area (Å²) in [5.41, 5.74) is 1.85. The van der Waals surface area contributed by atoms with Crippen molar-refractivity contribution in [3.63, 3.8) is 0 Å². The van der Waals surface area contributed by atoms with Crippen molar-refractivity contribution in [2.24, 2.45) is 0 Å². The van der Waals surface area contributed by atoms with Gasteiger partial charge in [-0.25, -0.2) is 9.07 Å². The SMILES string of the molecule is O=C(COc1ccc(Br)cc1F)NCCc1ccn(-c2ccccc2)n1. The number of halogens is 2. The number of carbonyl (C=O) groups is 1. The first-order valence-electron chi connectivity index (χ1n) is 8.06. The van der Waals surface area contributed by atoms with Crippen LogP contribution in [0.4, 0.5) is 4.39 Å². The molecule has 5 nitrogen and oxygen atoms in total. The van der Waals surface area contributed by atoms with Crippen molar-refractivity contribution in [2.75, 3.05) is 13.2 Å². The van der Waals surface area contributed by atoms with E-state index in [0.717, 1.165) is 11.4 Å². The zero-order valence-electron chi connectivity index (χ0n) is 13.9. The highest BCUT2D eigenvalue weighted by molar-refractivity contribution is 9.10. The van der Waals surface area contributed by atoms with Crippen molar-refractivity contribution in [1.29, 1.82) is 0 Å². The Morgan fingerprint density at radius 3 is 2.77 bits per heavy atom. The summed E-state index contributed by atoms with van der Waals surface area (Å²) >= 11 is 3.17. The van der Waals surface area contributed by atoms with E-state index >= 15 is 0 Å². The summed E-state index contributed by atoms with van der Waals surface area (Å²) < 4.78 is 21.2. The quantitative estimate of drug-likeness (QED) is 0.639. The Morgan fingerprint density at radius 2 is 2.00 bits per heavy atom. The molecule has 0 spiro atoms. The fourth-order valence-electron chi connectivity index (χ4n) is 2.34. The molecule has 0 fully saturated rings. The predicted molar refractivity (Wildman–Crippen MR) is 99.9 cm³/mol. The number of carbonyl (C=O) groups excluding carboxylic acids is 1. The van der Waals surface area contributed by atoms with E-state index in [9.17, 15) is 9.18 Å². The Hall–Kier alpha value is -2.67. The van der Waals surface area contributed by atoms with Crippen molar-refractivity contribution < 1.29 is 13.9 Å². The number of nitrogens with zero attached hydrogens (tertiary/aromatic N) is 2. The molecule has 0 aliphatic carbocycles. The van der Waals surface area contributed by atoms with Crippen molar-refractivity contribution in [3.05, 3.63) is 76.8 Å². The third-order valence-electron chi connectivity index (χ3n) is 3.62. The monoisotopic (exact) mass is 417 g/mol. The normalized spacial score (nSPS) is 10.5. The molecule has 0 saturated carbocycles. The van der Waals surface area contributed by atoms with E-state index < -0.39 is 5.82 Å². The number of aromatic nitrogens is 2. The summed E-state index contributed by atoms with van der Waals surface area (Å²) in [5, 5.41) is 7.21. The van der Waals surface area contributed by atoms with Crippen LogP contribution >= 0.6 is 15.9 Å². The number of benzene rings is 2. The molecule has 0 atom stereocenters. The van der Waals surface area contributed by atoms with Gasteiger partial charge >= 0.3 is 0 Å². The molecule has 1 heterocycles. The molecule has 3 rings (SSSR count). The molecule has 26 heavy (non-hydrogen) atoms. The van der Waals surface area contributed by atoms with E-state index in [0.29, 0.717) is 17.4 Å². The lowest BCUT2D eigenvalue weighted by Crippen LogP contribution is -2.30. The average molecular weight is 418 g/mol. The molecule has 1 amide bonds. The highest BCUT2D eigenvalue weighted by Crippen LogP contribution is 2.21. The van der Waals surface area contributed by atoms with E-state index in [1.54, 1.807) is 10.7 Å². The van der Waals surface area contributed by atoms with Crippen LogP contribution in [0.15, 0.2) is 65.3 Å². The maximum absolute atomic E-state index is 13.6. The molecule has 0 aliphatic rings. The van der Waals surface area contributed by atoms with Crippen LogP contribution in [0.1, 0.15) is 5.69 Å². The van der Waals surface area contributed by atoms with E-state index in [1.807, 2.05) is 42.6 Å². The second-order valence-electron chi connectivity index (χ2n) is 5.55. The topological polar surface area (TPSA) is 56.1 Å². The van der Waals surface area contributed by atoms with Crippen molar-refractivity contribution in [1.82, 2.24) is 15.1 Å². The molecule has 0 aliphatic heterocycles. The lowest BCUT2D eigenvalue weighted by molar-refractivity contribution is -0.123. The summed E-state index contributed by atoms with van der Waals surface area (Å²) in [4.78, 5) is 11.8. The molecule has 0 bridgehead atoms. The maximum Gasteiger partial charge on any atom is 0.257 e. The van der Waals surface area contributed by atoms with E-state index in [4.69, 9.17) is 4.74 Å². The van der Waals surface area contributed by atoms with E-state index in [2.05, 4.69) is 26.3 Å². The van der Waals surface area contributed by atoms with Gasteiger partial charge in [0.2, 0.25) is 0 Å². The number of hydrogen-bond donors (Lipinski definition) is 1. The fourth-order valence-corrected chi connectivity index (χ4v) is 2.67. The summed E-state index contributed by atoms with van der Waals surface area (Å²) in [6, 6.07) is 16.1. The number of hydrogen-bond acceptors (Lipinski definition) is 3. The second-order valence-corrected chi connectivity index (χ2v) is 6.47. The Bertz CT molecular complexity index is 884. The lowest BCUT2D eigenvalue weighted by atomic mass is 10.3. The highest BCUT2D eigenvalue weighted by atomic mass is 79.9. The Labute approximate surface area is 158 Å². The minimum Gasteiger partial charge on any atom is -0.481 e. The number of para-hydroxylation sites is 1. The molecule has 1 aromatic heterocycles. The van der Waals surface area contributed by atoms with Crippen molar-refractivity contribution in [3.8, 4) is 11.4 Å². The molecule has 7 heteroatoms. The lowest BCUT2D eigenvalue weighted by Gasteiger charge is -2.08. The smallest absolute Gasteiger partial charge is 0.257 e. The van der Waals surface area contributed by atoms with Gasteiger partial charge in [0.25, 0.3) is 5.91 Å². The van der Waals surface area contributed by atoms with Crippen LogP contribution in [0.3, 0.4) is 0 Å². The fraction of sp³-hybridized carbons (Fsp3) is 0.158. The maximum atomic E-state index is 13.6. The standard InChI is InChI=1S/C19H17BrFN3O2/c20-14-6-7-18(17(21)12-14)26-13-19(25)22-10-8-15-9-11-24(23-15)16-4-2-1-3-5-16/h1-7,9,11-12H,8,10,13H2,(H,22,25). The highest BCUT2D eigenvalue weighted by Gasteiger charge is 2.08. The van der Waals surface area contributed by atoms with Crippen LogP contribution in [0, 0.1) is 5.82 Å². The van der Waals surface area contributed by atoms with Gasteiger partial charge in [0, 0.05) is 23.6 Å². The molecular weight excluding hydrogens is 401 g/mol. The minimum absolute atomic E-state index is 0.0463. The number of rotatable bonds is 7. The van der Waals surface area contributed by atoms with E-state index in [1.165, 1.54) is 12.1 Å². The van der Waals surface area contributed by atoms with Crippen LogP contribution < -0.4 is 10.1 Å². The van der Waals surface area contributed by atoms with Gasteiger partial charge in [-0.15, -0.1) is 0 Å². The average Bonchev–Trinajstić information content (AvgIpc) is 3.11. The molecule has 3 aromatic rings. The van der Waals surface area contributed by atoms with E-state index in [-0.39, 0.29) is 18.3 Å². The molecule has 0 radical (unpaired) electrons. The number of ether oxygens (including phenoxy) is 1. The predicted octanol–water partition coefficient (Wildman–Crippen LogP) is 3.51. The molecule has 2 aromatic carbocycles. The van der Waals surface area contributed by atoms with Gasteiger partial charge in [-0.3, -0.25) is 4.79 Å². The second kappa shape index (κ2) is 8.62. The van der Waals surface area contributed by atoms with Crippen LogP contribution in [-0.2, 0) is 11.2 Å². The molecule has 1 N–H and O–H groups in total. The molecular formula is C19H17BrFN3O2. The van der Waals surface area contributed by atoms with Gasteiger partial charge in [0.05, 0.1) is 11.4 Å². The van der Waals surface area contributed by atoms with Gasteiger partial charge < -0.3 is 10.1 Å². The first-order valence-corrected chi connectivity index (χ1v) is 8.85. The number of amides is 1. The first-order chi connectivity index (χ1) is 12.6. The zero-order valence-corrected chi connectivity index (χ0v) is 15.4.